The van der Waals surface area contributed by atoms with E-state index in [1.165, 1.54) is 80.4 Å². The van der Waals surface area contributed by atoms with Gasteiger partial charge in [0.05, 0.1) is 0 Å². The summed E-state index contributed by atoms with van der Waals surface area (Å²) in [6.07, 6.45) is 18.4. The number of aryl methyl sites for hydroxylation is 1. The minimum Gasteiger partial charge on any atom is -0.236 e. The quantitative estimate of drug-likeness (QED) is 0.246. The Hall–Kier alpha value is -1.35. The van der Waals surface area contributed by atoms with Gasteiger partial charge in [-0.3, -0.25) is 0 Å². The standard InChI is InChI=1S/C24H36N2S/c1-3-5-7-9-11-13-21-19-25-24(26-20-21)22-14-16-23(17-15-22)27-18-12-10-8-6-4-2/h14-17,19-20H,3-13,18H2,1-2H3. The number of rotatable bonds is 14. The molecule has 0 N–H and O–H groups in total. The molecule has 0 saturated carbocycles. The summed E-state index contributed by atoms with van der Waals surface area (Å²) in [6, 6.07) is 8.71. The highest BCUT2D eigenvalue weighted by molar-refractivity contribution is 7.99. The molecule has 148 valence electrons. The van der Waals surface area contributed by atoms with Crippen molar-refractivity contribution in [3.8, 4) is 11.4 Å². The van der Waals surface area contributed by atoms with E-state index in [0.29, 0.717) is 0 Å². The number of benzene rings is 1. The van der Waals surface area contributed by atoms with Gasteiger partial charge in [0, 0.05) is 22.9 Å². The van der Waals surface area contributed by atoms with Crippen molar-refractivity contribution in [3.05, 3.63) is 42.2 Å². The molecule has 2 aromatic rings. The molecule has 0 fully saturated rings. The largest absolute Gasteiger partial charge is 0.236 e. The summed E-state index contributed by atoms with van der Waals surface area (Å²) in [5.41, 5.74) is 2.36. The zero-order chi connectivity index (χ0) is 19.2. The Morgan fingerprint density at radius 1 is 0.704 bits per heavy atom. The van der Waals surface area contributed by atoms with E-state index in [1.54, 1.807) is 0 Å². The molecule has 0 bridgehead atoms. The van der Waals surface area contributed by atoms with E-state index in [0.717, 1.165) is 17.8 Å². The van der Waals surface area contributed by atoms with Crippen molar-refractivity contribution in [1.29, 1.82) is 0 Å². The molecule has 2 nitrogen and oxygen atoms in total. The van der Waals surface area contributed by atoms with Crippen LogP contribution in [-0.2, 0) is 6.42 Å². The zero-order valence-corrected chi connectivity index (χ0v) is 18.1. The molecule has 1 aromatic carbocycles. The van der Waals surface area contributed by atoms with Gasteiger partial charge < -0.3 is 0 Å². The zero-order valence-electron chi connectivity index (χ0n) is 17.3. The van der Waals surface area contributed by atoms with Gasteiger partial charge in [-0.1, -0.05) is 77.3 Å². The maximum Gasteiger partial charge on any atom is 0.159 e. The van der Waals surface area contributed by atoms with Gasteiger partial charge in [-0.05, 0) is 42.7 Å². The van der Waals surface area contributed by atoms with Gasteiger partial charge in [0.15, 0.2) is 5.82 Å². The fraction of sp³-hybridized carbons (Fsp3) is 0.583. The first kappa shape index (κ1) is 21.9. The number of nitrogens with zero attached hydrogens (tertiary/aromatic N) is 2. The molecule has 2 rings (SSSR count). The van der Waals surface area contributed by atoms with Crippen LogP contribution in [0, 0.1) is 0 Å². The van der Waals surface area contributed by atoms with Crippen LogP contribution in [0.1, 0.15) is 83.6 Å². The van der Waals surface area contributed by atoms with E-state index in [2.05, 4.69) is 48.1 Å². The van der Waals surface area contributed by atoms with Crippen LogP contribution in [0.4, 0.5) is 0 Å². The summed E-state index contributed by atoms with van der Waals surface area (Å²) in [7, 11) is 0. The van der Waals surface area contributed by atoms with Crippen LogP contribution in [0.3, 0.4) is 0 Å². The second-order valence-corrected chi connectivity index (χ2v) is 8.53. The van der Waals surface area contributed by atoms with E-state index < -0.39 is 0 Å². The summed E-state index contributed by atoms with van der Waals surface area (Å²) < 4.78 is 0. The average Bonchev–Trinajstić information content (AvgIpc) is 2.71. The lowest BCUT2D eigenvalue weighted by atomic mass is 10.1. The van der Waals surface area contributed by atoms with Crippen molar-refractivity contribution >= 4 is 11.8 Å². The Bertz CT molecular complexity index is 607. The summed E-state index contributed by atoms with van der Waals surface area (Å²) in [5, 5.41) is 0. The monoisotopic (exact) mass is 384 g/mol. The molecule has 0 atom stereocenters. The molecule has 1 heterocycles. The van der Waals surface area contributed by atoms with E-state index in [1.807, 2.05) is 24.2 Å². The molecule has 1 aromatic heterocycles. The highest BCUT2D eigenvalue weighted by Gasteiger charge is 2.03. The average molecular weight is 385 g/mol. The number of unbranched alkanes of at least 4 members (excludes halogenated alkanes) is 8. The molecular formula is C24H36N2S. The van der Waals surface area contributed by atoms with Crippen LogP contribution in [0.15, 0.2) is 41.6 Å². The molecule has 0 aliphatic heterocycles. The lowest BCUT2D eigenvalue weighted by Crippen LogP contribution is -1.93. The molecular weight excluding hydrogens is 348 g/mol. The van der Waals surface area contributed by atoms with Crippen molar-refractivity contribution in [1.82, 2.24) is 9.97 Å². The predicted molar refractivity (Wildman–Crippen MR) is 119 cm³/mol. The topological polar surface area (TPSA) is 25.8 Å². The van der Waals surface area contributed by atoms with Gasteiger partial charge >= 0.3 is 0 Å². The van der Waals surface area contributed by atoms with Crippen molar-refractivity contribution in [2.24, 2.45) is 0 Å². The van der Waals surface area contributed by atoms with Gasteiger partial charge in [0.25, 0.3) is 0 Å². The third-order valence-electron chi connectivity index (χ3n) is 4.90. The normalized spacial score (nSPS) is 11.0. The number of hydrogen-bond donors (Lipinski definition) is 0. The Labute approximate surface area is 170 Å². The molecule has 0 amide bonds. The fourth-order valence-corrected chi connectivity index (χ4v) is 4.07. The summed E-state index contributed by atoms with van der Waals surface area (Å²) >= 11 is 1.96. The lowest BCUT2D eigenvalue weighted by molar-refractivity contribution is 0.631. The third-order valence-corrected chi connectivity index (χ3v) is 6.00. The fourth-order valence-electron chi connectivity index (χ4n) is 3.16. The molecule has 27 heavy (non-hydrogen) atoms. The highest BCUT2D eigenvalue weighted by atomic mass is 32.2. The van der Waals surface area contributed by atoms with Crippen LogP contribution < -0.4 is 0 Å². The van der Waals surface area contributed by atoms with Crippen molar-refractivity contribution in [3.63, 3.8) is 0 Å². The first-order valence-corrected chi connectivity index (χ1v) is 11.9. The van der Waals surface area contributed by atoms with Crippen molar-refractivity contribution in [2.75, 3.05) is 5.75 Å². The van der Waals surface area contributed by atoms with Crippen LogP contribution in [0.2, 0.25) is 0 Å². The van der Waals surface area contributed by atoms with Crippen molar-refractivity contribution in [2.45, 2.75) is 89.4 Å². The molecule has 0 unspecified atom stereocenters. The van der Waals surface area contributed by atoms with Crippen molar-refractivity contribution < 1.29 is 0 Å². The van der Waals surface area contributed by atoms with E-state index in [9.17, 15) is 0 Å². The second-order valence-electron chi connectivity index (χ2n) is 7.37. The maximum absolute atomic E-state index is 4.58. The van der Waals surface area contributed by atoms with Gasteiger partial charge in [-0.25, -0.2) is 9.97 Å². The Kier molecular flexibility index (Phi) is 11.2. The maximum atomic E-state index is 4.58. The van der Waals surface area contributed by atoms with Gasteiger partial charge in [0.2, 0.25) is 0 Å². The lowest BCUT2D eigenvalue weighted by Gasteiger charge is -2.05. The second kappa shape index (κ2) is 13.8. The first-order chi connectivity index (χ1) is 13.3. The SMILES string of the molecule is CCCCCCCSc1ccc(-c2ncc(CCCCCCC)cn2)cc1. The molecule has 0 spiro atoms. The number of hydrogen-bond acceptors (Lipinski definition) is 3. The van der Waals surface area contributed by atoms with E-state index in [4.69, 9.17) is 0 Å². The summed E-state index contributed by atoms with van der Waals surface area (Å²) in [4.78, 5) is 10.5. The predicted octanol–water partition coefficient (Wildman–Crippen LogP) is 7.72. The summed E-state index contributed by atoms with van der Waals surface area (Å²) in [6.45, 7) is 4.52. The molecule has 3 heteroatoms. The number of thioether (sulfide) groups is 1. The van der Waals surface area contributed by atoms with Crippen LogP contribution in [0.25, 0.3) is 11.4 Å². The molecule has 0 aliphatic rings. The minimum atomic E-state index is 0.834. The van der Waals surface area contributed by atoms with Crippen LogP contribution in [-0.4, -0.2) is 15.7 Å². The van der Waals surface area contributed by atoms with E-state index in [-0.39, 0.29) is 0 Å². The molecule has 0 aliphatic carbocycles. The molecule has 0 saturated heterocycles. The Morgan fingerprint density at radius 3 is 1.93 bits per heavy atom. The smallest absolute Gasteiger partial charge is 0.159 e. The Morgan fingerprint density at radius 2 is 1.30 bits per heavy atom. The van der Waals surface area contributed by atoms with Crippen LogP contribution in [0.5, 0.6) is 0 Å². The first-order valence-electron chi connectivity index (χ1n) is 10.9. The third kappa shape index (κ3) is 8.92. The van der Waals surface area contributed by atoms with Gasteiger partial charge in [0.1, 0.15) is 0 Å². The van der Waals surface area contributed by atoms with Gasteiger partial charge in [-0.2, -0.15) is 0 Å². The molecule has 0 radical (unpaired) electrons. The Balaban J connectivity index is 1.74. The highest BCUT2D eigenvalue weighted by Crippen LogP contribution is 2.23. The summed E-state index contributed by atoms with van der Waals surface area (Å²) in [5.74, 6) is 2.05. The van der Waals surface area contributed by atoms with Gasteiger partial charge in [-0.15, -0.1) is 11.8 Å². The minimum absolute atomic E-state index is 0.834. The number of aromatic nitrogens is 2. The van der Waals surface area contributed by atoms with E-state index >= 15 is 0 Å². The van der Waals surface area contributed by atoms with Crippen LogP contribution >= 0.6 is 11.8 Å².